The van der Waals surface area contributed by atoms with Crippen LogP contribution in [-0.4, -0.2) is 14.5 Å². The highest BCUT2D eigenvalue weighted by Gasteiger charge is 2.02. The molecule has 0 saturated carbocycles. The van der Waals surface area contributed by atoms with E-state index < -0.39 is 0 Å². The summed E-state index contributed by atoms with van der Waals surface area (Å²) in [6.07, 6.45) is 6.57. The second-order valence-corrected chi connectivity index (χ2v) is 3.22. The van der Waals surface area contributed by atoms with Crippen molar-refractivity contribution in [3.05, 3.63) is 42.2 Å². The van der Waals surface area contributed by atoms with E-state index in [1.807, 2.05) is 31.6 Å². The first-order valence-electron chi connectivity index (χ1n) is 4.76. The molecule has 0 aliphatic heterocycles. The van der Waals surface area contributed by atoms with Crippen LogP contribution >= 0.6 is 0 Å². The molecule has 0 spiro atoms. The Balaban J connectivity index is 2.49. The largest absolute Gasteiger partial charge is 0.304 e. The summed E-state index contributed by atoms with van der Waals surface area (Å²) in [5.41, 5.74) is 2.16. The number of nitrogens with zero attached hydrogens (tertiary/aromatic N) is 3. The van der Waals surface area contributed by atoms with Crippen molar-refractivity contribution in [2.75, 3.05) is 0 Å². The quantitative estimate of drug-likeness (QED) is 0.721. The van der Waals surface area contributed by atoms with Gasteiger partial charge in [0.2, 0.25) is 0 Å². The summed E-state index contributed by atoms with van der Waals surface area (Å²) in [5.74, 6) is 1.08. The topological polar surface area (TPSA) is 30.7 Å². The monoisotopic (exact) mass is 187 g/mol. The fourth-order valence-corrected chi connectivity index (χ4v) is 1.51. The lowest BCUT2D eigenvalue weighted by Gasteiger charge is -2.06. The molecular weight excluding hydrogens is 174 g/mol. The standard InChI is InChI=1S/C11H13N3/c1-3-11-13-6-7-14(11)10-4-5-12-9(2)8-10/h4-8H,3H2,1-2H3. The molecule has 0 aliphatic carbocycles. The van der Waals surface area contributed by atoms with E-state index in [4.69, 9.17) is 0 Å². The van der Waals surface area contributed by atoms with Gasteiger partial charge < -0.3 is 4.57 Å². The molecule has 0 amide bonds. The molecule has 0 N–H and O–H groups in total. The van der Waals surface area contributed by atoms with Crippen molar-refractivity contribution >= 4 is 0 Å². The van der Waals surface area contributed by atoms with Crippen molar-refractivity contribution in [2.45, 2.75) is 20.3 Å². The van der Waals surface area contributed by atoms with E-state index in [1.165, 1.54) is 0 Å². The van der Waals surface area contributed by atoms with E-state index in [-0.39, 0.29) is 0 Å². The maximum Gasteiger partial charge on any atom is 0.112 e. The summed E-state index contributed by atoms with van der Waals surface area (Å²) in [6.45, 7) is 4.10. The normalized spacial score (nSPS) is 10.4. The lowest BCUT2D eigenvalue weighted by Crippen LogP contribution is -1.99. The molecule has 0 radical (unpaired) electrons. The molecule has 0 unspecified atom stereocenters. The lowest BCUT2D eigenvalue weighted by molar-refractivity contribution is 0.887. The smallest absolute Gasteiger partial charge is 0.112 e. The van der Waals surface area contributed by atoms with Crippen LogP contribution in [0.2, 0.25) is 0 Å². The summed E-state index contributed by atoms with van der Waals surface area (Å²) in [4.78, 5) is 8.45. The van der Waals surface area contributed by atoms with Crippen molar-refractivity contribution < 1.29 is 0 Å². The summed E-state index contributed by atoms with van der Waals surface area (Å²) in [5, 5.41) is 0. The van der Waals surface area contributed by atoms with Crippen molar-refractivity contribution in [3.63, 3.8) is 0 Å². The Labute approximate surface area is 83.4 Å². The van der Waals surface area contributed by atoms with E-state index in [0.717, 1.165) is 23.6 Å². The second-order valence-electron chi connectivity index (χ2n) is 3.22. The van der Waals surface area contributed by atoms with Crippen molar-refractivity contribution in [1.82, 2.24) is 14.5 Å². The van der Waals surface area contributed by atoms with Crippen LogP contribution < -0.4 is 0 Å². The first-order chi connectivity index (χ1) is 6.81. The number of hydrogen-bond donors (Lipinski definition) is 0. The molecule has 0 fully saturated rings. The van der Waals surface area contributed by atoms with Crippen LogP contribution in [0.25, 0.3) is 5.69 Å². The molecule has 0 bridgehead atoms. The highest BCUT2D eigenvalue weighted by molar-refractivity contribution is 5.33. The van der Waals surface area contributed by atoms with Crippen LogP contribution in [-0.2, 0) is 6.42 Å². The Hall–Kier alpha value is -1.64. The lowest BCUT2D eigenvalue weighted by atomic mass is 10.3. The van der Waals surface area contributed by atoms with Gasteiger partial charge in [-0.05, 0) is 19.1 Å². The zero-order valence-corrected chi connectivity index (χ0v) is 8.44. The summed E-state index contributed by atoms with van der Waals surface area (Å²) in [7, 11) is 0. The average molecular weight is 187 g/mol. The Bertz CT molecular complexity index is 432. The maximum atomic E-state index is 4.28. The van der Waals surface area contributed by atoms with E-state index in [2.05, 4.69) is 27.5 Å². The van der Waals surface area contributed by atoms with Gasteiger partial charge in [0, 0.05) is 30.7 Å². The van der Waals surface area contributed by atoms with Gasteiger partial charge in [0.1, 0.15) is 5.82 Å². The molecule has 3 heteroatoms. The minimum atomic E-state index is 0.939. The SMILES string of the molecule is CCc1nccn1-c1ccnc(C)c1. The van der Waals surface area contributed by atoms with Crippen molar-refractivity contribution in [2.24, 2.45) is 0 Å². The zero-order valence-electron chi connectivity index (χ0n) is 8.44. The fraction of sp³-hybridized carbons (Fsp3) is 0.273. The number of aryl methyl sites for hydroxylation is 2. The van der Waals surface area contributed by atoms with Gasteiger partial charge in [0.05, 0.1) is 5.69 Å². The number of rotatable bonds is 2. The van der Waals surface area contributed by atoms with Gasteiger partial charge in [-0.25, -0.2) is 4.98 Å². The predicted octanol–water partition coefficient (Wildman–Crippen LogP) is 2.14. The summed E-state index contributed by atoms with van der Waals surface area (Å²) >= 11 is 0. The first kappa shape index (κ1) is 8.94. The Morgan fingerprint density at radius 1 is 1.29 bits per heavy atom. The molecule has 2 heterocycles. The second kappa shape index (κ2) is 3.62. The first-order valence-corrected chi connectivity index (χ1v) is 4.76. The van der Waals surface area contributed by atoms with E-state index in [9.17, 15) is 0 Å². The third-order valence-electron chi connectivity index (χ3n) is 2.19. The van der Waals surface area contributed by atoms with Crippen LogP contribution in [0.15, 0.2) is 30.7 Å². The van der Waals surface area contributed by atoms with E-state index in [1.54, 1.807) is 0 Å². The van der Waals surface area contributed by atoms with Crippen molar-refractivity contribution in [3.8, 4) is 5.69 Å². The highest BCUT2D eigenvalue weighted by atomic mass is 15.1. The van der Waals surface area contributed by atoms with Gasteiger partial charge in [0.15, 0.2) is 0 Å². The number of imidazole rings is 1. The van der Waals surface area contributed by atoms with Gasteiger partial charge in [-0.2, -0.15) is 0 Å². The van der Waals surface area contributed by atoms with Crippen LogP contribution in [0, 0.1) is 6.92 Å². The maximum absolute atomic E-state index is 4.28. The average Bonchev–Trinajstić information content (AvgIpc) is 2.65. The van der Waals surface area contributed by atoms with Gasteiger partial charge in [-0.3, -0.25) is 4.98 Å². The van der Waals surface area contributed by atoms with Crippen LogP contribution in [0.5, 0.6) is 0 Å². The minimum absolute atomic E-state index is 0.939. The molecule has 72 valence electrons. The zero-order chi connectivity index (χ0) is 9.97. The van der Waals surface area contributed by atoms with Crippen LogP contribution in [0.1, 0.15) is 18.4 Å². The van der Waals surface area contributed by atoms with Gasteiger partial charge in [-0.15, -0.1) is 0 Å². The van der Waals surface area contributed by atoms with Crippen LogP contribution in [0.4, 0.5) is 0 Å². The van der Waals surface area contributed by atoms with Gasteiger partial charge >= 0.3 is 0 Å². The third-order valence-corrected chi connectivity index (χ3v) is 2.19. The van der Waals surface area contributed by atoms with Crippen molar-refractivity contribution in [1.29, 1.82) is 0 Å². The summed E-state index contributed by atoms with van der Waals surface area (Å²) in [6, 6.07) is 4.05. The highest BCUT2D eigenvalue weighted by Crippen LogP contribution is 2.10. The minimum Gasteiger partial charge on any atom is -0.304 e. The molecule has 2 rings (SSSR count). The molecule has 0 aromatic carbocycles. The van der Waals surface area contributed by atoms with Crippen LogP contribution in [0.3, 0.4) is 0 Å². The fourth-order valence-electron chi connectivity index (χ4n) is 1.51. The number of aromatic nitrogens is 3. The number of hydrogen-bond acceptors (Lipinski definition) is 2. The number of pyridine rings is 1. The molecule has 14 heavy (non-hydrogen) atoms. The third kappa shape index (κ3) is 1.53. The van der Waals surface area contributed by atoms with E-state index >= 15 is 0 Å². The molecule has 0 saturated heterocycles. The molecule has 2 aromatic rings. The van der Waals surface area contributed by atoms with Gasteiger partial charge in [-0.1, -0.05) is 6.92 Å². The molecule has 0 aliphatic rings. The molecule has 2 aromatic heterocycles. The Morgan fingerprint density at radius 2 is 2.14 bits per heavy atom. The molecular formula is C11H13N3. The Morgan fingerprint density at radius 3 is 2.86 bits per heavy atom. The predicted molar refractivity (Wildman–Crippen MR) is 55.5 cm³/mol. The van der Waals surface area contributed by atoms with E-state index in [0.29, 0.717) is 0 Å². The Kier molecular flexibility index (Phi) is 2.31. The van der Waals surface area contributed by atoms with Gasteiger partial charge in [0.25, 0.3) is 0 Å². The summed E-state index contributed by atoms with van der Waals surface area (Å²) < 4.78 is 2.09. The molecule has 0 atom stereocenters. The molecule has 3 nitrogen and oxygen atoms in total.